The first kappa shape index (κ1) is 14.9. The molecule has 4 rings (SSSR count). The third-order valence-corrected chi connectivity index (χ3v) is 4.79. The standard InChI is InChI=1S/C17H21NO4/c1-21-15(19)14(10-17-7-13(8-17)9-17)18-16(20)22-11-12-5-3-2-4-6-12/h2-6,13-14H,7-11H2,1H3,(H,18,20)/t13?,14-,17?/m0/s1. The Bertz CT molecular complexity index is 540. The van der Waals surface area contributed by atoms with Crippen LogP contribution in [0.25, 0.3) is 0 Å². The fourth-order valence-corrected chi connectivity index (χ4v) is 3.58. The third kappa shape index (κ3) is 3.08. The van der Waals surface area contributed by atoms with Crippen molar-refractivity contribution in [2.24, 2.45) is 11.3 Å². The summed E-state index contributed by atoms with van der Waals surface area (Å²) in [6, 6.07) is 8.82. The van der Waals surface area contributed by atoms with Crippen LogP contribution < -0.4 is 5.32 Å². The number of ether oxygens (including phenoxy) is 2. The molecule has 0 radical (unpaired) electrons. The molecule has 0 aliphatic heterocycles. The van der Waals surface area contributed by atoms with Gasteiger partial charge < -0.3 is 14.8 Å². The maximum Gasteiger partial charge on any atom is 0.408 e. The first-order chi connectivity index (χ1) is 10.6. The van der Waals surface area contributed by atoms with E-state index in [2.05, 4.69) is 5.32 Å². The minimum absolute atomic E-state index is 0.188. The van der Waals surface area contributed by atoms with Crippen molar-refractivity contribution < 1.29 is 19.1 Å². The Morgan fingerprint density at radius 3 is 2.50 bits per heavy atom. The van der Waals surface area contributed by atoms with Gasteiger partial charge in [-0.3, -0.25) is 0 Å². The number of rotatable bonds is 6. The number of hydrogen-bond acceptors (Lipinski definition) is 4. The number of nitrogens with one attached hydrogen (secondary N) is 1. The Morgan fingerprint density at radius 1 is 1.27 bits per heavy atom. The van der Waals surface area contributed by atoms with Crippen molar-refractivity contribution in [2.45, 2.75) is 38.3 Å². The van der Waals surface area contributed by atoms with E-state index in [0.29, 0.717) is 6.42 Å². The second-order valence-corrected chi connectivity index (χ2v) is 6.46. The van der Waals surface area contributed by atoms with E-state index in [1.165, 1.54) is 26.4 Å². The molecular formula is C17H21NO4. The van der Waals surface area contributed by atoms with Crippen LogP contribution in [0.4, 0.5) is 4.79 Å². The van der Waals surface area contributed by atoms with E-state index in [-0.39, 0.29) is 12.0 Å². The Hall–Kier alpha value is -2.04. The average Bonchev–Trinajstić information content (AvgIpc) is 2.46. The van der Waals surface area contributed by atoms with Crippen LogP contribution in [0.1, 0.15) is 31.2 Å². The Labute approximate surface area is 130 Å². The molecule has 0 spiro atoms. The summed E-state index contributed by atoms with van der Waals surface area (Å²) in [7, 11) is 1.34. The molecule has 2 bridgehead atoms. The molecule has 3 aliphatic carbocycles. The minimum atomic E-state index is -0.616. The number of methoxy groups -OCH3 is 1. The summed E-state index contributed by atoms with van der Waals surface area (Å²) in [5.41, 5.74) is 1.16. The van der Waals surface area contributed by atoms with Gasteiger partial charge in [0.1, 0.15) is 12.6 Å². The summed E-state index contributed by atoms with van der Waals surface area (Å²) in [6.07, 6.45) is 3.58. The summed E-state index contributed by atoms with van der Waals surface area (Å²) >= 11 is 0. The molecule has 0 aromatic heterocycles. The smallest absolute Gasteiger partial charge is 0.408 e. The zero-order valence-electron chi connectivity index (χ0n) is 12.7. The van der Waals surface area contributed by atoms with Gasteiger partial charge in [0.15, 0.2) is 0 Å². The Kier molecular flexibility index (Phi) is 4.05. The third-order valence-electron chi connectivity index (χ3n) is 4.79. The summed E-state index contributed by atoms with van der Waals surface area (Å²) in [5.74, 6) is 0.435. The van der Waals surface area contributed by atoms with Crippen LogP contribution >= 0.6 is 0 Å². The number of amides is 1. The number of carbonyl (C=O) groups is 2. The van der Waals surface area contributed by atoms with E-state index >= 15 is 0 Å². The van der Waals surface area contributed by atoms with Gasteiger partial charge in [0, 0.05) is 0 Å². The van der Waals surface area contributed by atoms with E-state index in [1.807, 2.05) is 30.3 Å². The molecule has 0 unspecified atom stereocenters. The van der Waals surface area contributed by atoms with Gasteiger partial charge in [0.2, 0.25) is 0 Å². The van der Waals surface area contributed by atoms with Crippen LogP contribution in [0.5, 0.6) is 0 Å². The lowest BCUT2D eigenvalue weighted by molar-refractivity contribution is -0.152. The van der Waals surface area contributed by atoms with Gasteiger partial charge in [-0.05, 0) is 42.6 Å². The highest BCUT2D eigenvalue weighted by Gasteiger charge is 2.57. The maximum atomic E-state index is 11.9. The van der Waals surface area contributed by atoms with Crippen molar-refractivity contribution in [1.29, 1.82) is 0 Å². The molecule has 1 amide bonds. The second-order valence-electron chi connectivity index (χ2n) is 6.46. The van der Waals surface area contributed by atoms with Gasteiger partial charge in [-0.1, -0.05) is 30.3 Å². The zero-order valence-corrected chi connectivity index (χ0v) is 12.7. The minimum Gasteiger partial charge on any atom is -0.467 e. The first-order valence-corrected chi connectivity index (χ1v) is 7.65. The molecule has 22 heavy (non-hydrogen) atoms. The van der Waals surface area contributed by atoms with E-state index in [1.54, 1.807) is 0 Å². The maximum absolute atomic E-state index is 11.9. The fraction of sp³-hybridized carbons (Fsp3) is 0.529. The number of benzene rings is 1. The van der Waals surface area contributed by atoms with Gasteiger partial charge >= 0.3 is 12.1 Å². The predicted octanol–water partition coefficient (Wildman–Crippen LogP) is 2.64. The lowest BCUT2D eigenvalue weighted by Gasteiger charge is -2.62. The molecule has 3 fully saturated rings. The Morgan fingerprint density at radius 2 is 1.95 bits per heavy atom. The van der Waals surface area contributed by atoms with Gasteiger partial charge in [-0.25, -0.2) is 9.59 Å². The summed E-state index contributed by atoms with van der Waals surface area (Å²) in [4.78, 5) is 23.8. The molecule has 1 aromatic carbocycles. The average molecular weight is 303 g/mol. The molecule has 0 heterocycles. The SMILES string of the molecule is COC(=O)[C@H](CC12CC(C1)C2)NC(=O)OCc1ccccc1. The highest BCUT2D eigenvalue weighted by atomic mass is 16.6. The highest BCUT2D eigenvalue weighted by molar-refractivity contribution is 5.81. The fourth-order valence-electron chi connectivity index (χ4n) is 3.58. The number of hydrogen-bond donors (Lipinski definition) is 1. The van der Waals surface area contributed by atoms with Crippen LogP contribution in [-0.2, 0) is 20.9 Å². The summed E-state index contributed by atoms with van der Waals surface area (Å²) < 4.78 is 9.97. The number of carbonyl (C=O) groups excluding carboxylic acids is 2. The molecule has 3 aliphatic rings. The molecule has 0 saturated heterocycles. The van der Waals surface area contributed by atoms with Gasteiger partial charge in [-0.15, -0.1) is 0 Å². The van der Waals surface area contributed by atoms with E-state index in [9.17, 15) is 9.59 Å². The van der Waals surface area contributed by atoms with Crippen LogP contribution in [0.15, 0.2) is 30.3 Å². The molecule has 1 aromatic rings. The van der Waals surface area contributed by atoms with Gasteiger partial charge in [-0.2, -0.15) is 0 Å². The summed E-state index contributed by atoms with van der Waals surface area (Å²) in [6.45, 7) is 0.188. The second kappa shape index (κ2) is 5.99. The molecule has 118 valence electrons. The molecule has 1 N–H and O–H groups in total. The quantitative estimate of drug-likeness (QED) is 0.821. The number of alkyl carbamates (subject to hydrolysis) is 1. The normalized spacial score (nSPS) is 26.1. The van der Waals surface area contributed by atoms with Crippen molar-refractivity contribution in [2.75, 3.05) is 7.11 Å². The van der Waals surface area contributed by atoms with Crippen LogP contribution in [-0.4, -0.2) is 25.2 Å². The Balaban J connectivity index is 1.50. The van der Waals surface area contributed by atoms with Gasteiger partial charge in [0.05, 0.1) is 7.11 Å². The molecular weight excluding hydrogens is 282 g/mol. The molecule has 3 saturated carbocycles. The van der Waals surface area contributed by atoms with E-state index in [0.717, 1.165) is 11.5 Å². The highest BCUT2D eigenvalue weighted by Crippen LogP contribution is 2.66. The molecule has 1 atom stereocenters. The first-order valence-electron chi connectivity index (χ1n) is 7.65. The molecule has 5 nitrogen and oxygen atoms in total. The lowest BCUT2D eigenvalue weighted by Crippen LogP contribution is -2.56. The van der Waals surface area contributed by atoms with Crippen LogP contribution in [0.3, 0.4) is 0 Å². The van der Waals surface area contributed by atoms with Crippen LogP contribution in [0.2, 0.25) is 0 Å². The largest absolute Gasteiger partial charge is 0.467 e. The lowest BCUT2D eigenvalue weighted by atomic mass is 9.43. The van der Waals surface area contributed by atoms with E-state index < -0.39 is 18.1 Å². The topological polar surface area (TPSA) is 64.6 Å². The van der Waals surface area contributed by atoms with Crippen molar-refractivity contribution in [3.05, 3.63) is 35.9 Å². The van der Waals surface area contributed by atoms with Crippen molar-refractivity contribution in [1.82, 2.24) is 5.32 Å². The van der Waals surface area contributed by atoms with Gasteiger partial charge in [0.25, 0.3) is 0 Å². The van der Waals surface area contributed by atoms with Crippen molar-refractivity contribution in [3.63, 3.8) is 0 Å². The van der Waals surface area contributed by atoms with Crippen molar-refractivity contribution in [3.8, 4) is 0 Å². The molecule has 5 heteroatoms. The zero-order chi connectivity index (χ0) is 15.6. The van der Waals surface area contributed by atoms with Crippen LogP contribution in [0, 0.1) is 11.3 Å². The summed E-state index contributed by atoms with van der Waals surface area (Å²) in [5, 5.41) is 2.65. The number of esters is 1. The van der Waals surface area contributed by atoms with Crippen molar-refractivity contribution >= 4 is 12.1 Å². The van der Waals surface area contributed by atoms with E-state index in [4.69, 9.17) is 9.47 Å². The monoisotopic (exact) mass is 303 g/mol. The predicted molar refractivity (Wildman–Crippen MR) is 80.0 cm³/mol.